The number of alkyl carbamates (subject to hydrolysis) is 1. The van der Waals surface area contributed by atoms with E-state index < -0.39 is 35.7 Å². The number of hydrogen-bond donors (Lipinski definition) is 2. The quantitative estimate of drug-likeness (QED) is 0.559. The number of esters is 1. The van der Waals surface area contributed by atoms with Crippen LogP contribution in [-0.2, 0) is 32.1 Å². The molecule has 33 heavy (non-hydrogen) atoms. The molecule has 0 saturated heterocycles. The highest BCUT2D eigenvalue weighted by Crippen LogP contribution is 2.11. The predicted molar refractivity (Wildman–Crippen MR) is 126 cm³/mol. The van der Waals surface area contributed by atoms with E-state index in [0.29, 0.717) is 0 Å². The van der Waals surface area contributed by atoms with Crippen LogP contribution in [0.15, 0.2) is 60.7 Å². The van der Waals surface area contributed by atoms with Crippen molar-refractivity contribution in [1.82, 2.24) is 10.6 Å². The van der Waals surface area contributed by atoms with Crippen LogP contribution in [0.2, 0.25) is 0 Å². The molecule has 7 nitrogen and oxygen atoms in total. The van der Waals surface area contributed by atoms with Crippen molar-refractivity contribution in [2.75, 3.05) is 0 Å². The highest BCUT2D eigenvalue weighted by Gasteiger charge is 2.31. The Morgan fingerprint density at radius 2 is 1.39 bits per heavy atom. The molecule has 2 aromatic rings. The molecule has 0 aliphatic heterocycles. The summed E-state index contributed by atoms with van der Waals surface area (Å²) < 4.78 is 10.8. The van der Waals surface area contributed by atoms with Crippen LogP contribution >= 0.6 is 0 Å². The minimum Gasteiger partial charge on any atom is -0.459 e. The van der Waals surface area contributed by atoms with E-state index in [1.165, 1.54) is 0 Å². The molecular weight excluding hydrogens is 420 g/mol. The molecule has 0 unspecified atom stereocenters. The zero-order chi connectivity index (χ0) is 24.4. The number of ether oxygens (including phenoxy) is 2. The normalized spacial score (nSPS) is 13.0. The van der Waals surface area contributed by atoms with Crippen molar-refractivity contribution in [2.45, 2.75) is 65.3 Å². The van der Waals surface area contributed by atoms with Crippen LogP contribution in [0.3, 0.4) is 0 Å². The van der Waals surface area contributed by atoms with Crippen molar-refractivity contribution in [2.24, 2.45) is 5.92 Å². The van der Waals surface area contributed by atoms with Crippen LogP contribution in [0.4, 0.5) is 4.79 Å². The maximum absolute atomic E-state index is 13.2. The molecule has 0 heterocycles. The molecule has 2 N–H and O–H groups in total. The molecule has 0 bridgehead atoms. The van der Waals surface area contributed by atoms with E-state index in [1.807, 2.05) is 74.5 Å². The van der Waals surface area contributed by atoms with E-state index in [1.54, 1.807) is 20.8 Å². The van der Waals surface area contributed by atoms with Gasteiger partial charge in [0.25, 0.3) is 0 Å². The first-order chi connectivity index (χ1) is 15.5. The summed E-state index contributed by atoms with van der Waals surface area (Å²) in [5.74, 6) is -1.23. The highest BCUT2D eigenvalue weighted by molar-refractivity contribution is 5.90. The van der Waals surface area contributed by atoms with Gasteiger partial charge in [0, 0.05) is 6.42 Å². The van der Waals surface area contributed by atoms with Crippen molar-refractivity contribution in [3.05, 3.63) is 71.8 Å². The van der Waals surface area contributed by atoms with Gasteiger partial charge in [0.2, 0.25) is 5.91 Å². The SMILES string of the molecule is CC(C)[C@H](NC(=O)[C@H](Cc1ccccc1)NC(=O)OC(C)(C)C)C(=O)OCc1ccccc1. The van der Waals surface area contributed by atoms with Gasteiger partial charge in [-0.15, -0.1) is 0 Å². The molecule has 178 valence electrons. The molecule has 2 amide bonds. The summed E-state index contributed by atoms with van der Waals surface area (Å²) in [7, 11) is 0. The van der Waals surface area contributed by atoms with Crippen molar-refractivity contribution in [1.29, 1.82) is 0 Å². The fourth-order valence-corrected chi connectivity index (χ4v) is 3.08. The van der Waals surface area contributed by atoms with E-state index in [4.69, 9.17) is 9.47 Å². The van der Waals surface area contributed by atoms with Gasteiger partial charge >= 0.3 is 12.1 Å². The molecule has 7 heteroatoms. The van der Waals surface area contributed by atoms with Crippen LogP contribution < -0.4 is 10.6 Å². The third-order valence-electron chi connectivity index (χ3n) is 4.73. The Bertz CT molecular complexity index is 907. The third kappa shape index (κ3) is 9.35. The first kappa shape index (κ1) is 25.9. The molecular formula is C26H34N2O5. The maximum Gasteiger partial charge on any atom is 0.408 e. The molecule has 0 fully saturated rings. The van der Waals surface area contributed by atoms with Crippen LogP contribution in [0, 0.1) is 5.92 Å². The number of nitrogens with one attached hydrogen (secondary N) is 2. The second kappa shape index (κ2) is 12.0. The Hall–Kier alpha value is -3.35. The van der Waals surface area contributed by atoms with Gasteiger partial charge < -0.3 is 20.1 Å². The van der Waals surface area contributed by atoms with Gasteiger partial charge in [-0.2, -0.15) is 0 Å². The standard InChI is InChI=1S/C26H34N2O5/c1-18(2)22(24(30)32-17-20-14-10-7-11-15-20)28-23(29)21(16-19-12-8-6-9-13-19)27-25(31)33-26(3,4)5/h6-15,18,21-22H,16-17H2,1-5H3,(H,27,31)(H,28,29)/t21-,22-/m0/s1. The summed E-state index contributed by atoms with van der Waals surface area (Å²) in [6.07, 6.45) is -0.457. The summed E-state index contributed by atoms with van der Waals surface area (Å²) in [6, 6.07) is 16.9. The van der Waals surface area contributed by atoms with Crippen molar-refractivity contribution < 1.29 is 23.9 Å². The van der Waals surface area contributed by atoms with Crippen LogP contribution in [0.5, 0.6) is 0 Å². The fraction of sp³-hybridized carbons (Fsp3) is 0.423. The molecule has 0 radical (unpaired) electrons. The first-order valence-electron chi connectivity index (χ1n) is 11.1. The largest absolute Gasteiger partial charge is 0.459 e. The van der Waals surface area contributed by atoms with Crippen molar-refractivity contribution in [3.8, 4) is 0 Å². The Kier molecular flexibility index (Phi) is 9.45. The number of carbonyl (C=O) groups excluding carboxylic acids is 3. The Balaban J connectivity index is 2.10. The van der Waals surface area contributed by atoms with E-state index in [-0.39, 0.29) is 18.9 Å². The monoisotopic (exact) mass is 454 g/mol. The number of rotatable bonds is 9. The van der Waals surface area contributed by atoms with Gasteiger partial charge in [-0.3, -0.25) is 4.79 Å². The molecule has 0 saturated carbocycles. The van der Waals surface area contributed by atoms with Gasteiger partial charge in [-0.1, -0.05) is 74.5 Å². The minimum atomic E-state index is -0.926. The average Bonchev–Trinajstić information content (AvgIpc) is 2.75. The Labute approximate surface area is 195 Å². The van der Waals surface area contributed by atoms with Crippen molar-refractivity contribution in [3.63, 3.8) is 0 Å². The van der Waals surface area contributed by atoms with Crippen LogP contribution in [-0.4, -0.2) is 35.7 Å². The number of carbonyl (C=O) groups is 3. The van der Waals surface area contributed by atoms with Gasteiger partial charge in [0.05, 0.1) is 0 Å². The molecule has 2 aromatic carbocycles. The zero-order valence-electron chi connectivity index (χ0n) is 20.0. The smallest absolute Gasteiger partial charge is 0.408 e. The summed E-state index contributed by atoms with van der Waals surface area (Å²) in [6.45, 7) is 9.00. The summed E-state index contributed by atoms with van der Waals surface area (Å²) in [4.78, 5) is 38.3. The summed E-state index contributed by atoms with van der Waals surface area (Å²) >= 11 is 0. The molecule has 0 aliphatic carbocycles. The van der Waals surface area contributed by atoms with E-state index in [0.717, 1.165) is 11.1 Å². The maximum atomic E-state index is 13.2. The minimum absolute atomic E-state index is 0.113. The third-order valence-corrected chi connectivity index (χ3v) is 4.73. The lowest BCUT2D eigenvalue weighted by molar-refractivity contribution is -0.150. The molecule has 2 atom stereocenters. The lowest BCUT2D eigenvalue weighted by atomic mass is 10.0. The molecule has 0 aliphatic rings. The van der Waals surface area contributed by atoms with E-state index in [9.17, 15) is 14.4 Å². The number of amides is 2. The lowest BCUT2D eigenvalue weighted by Gasteiger charge is -2.26. The molecule has 0 spiro atoms. The zero-order valence-corrected chi connectivity index (χ0v) is 20.0. The van der Waals surface area contributed by atoms with Crippen molar-refractivity contribution >= 4 is 18.0 Å². The lowest BCUT2D eigenvalue weighted by Crippen LogP contribution is -2.54. The first-order valence-corrected chi connectivity index (χ1v) is 11.1. The number of hydrogen-bond acceptors (Lipinski definition) is 5. The summed E-state index contributed by atoms with van der Waals surface area (Å²) in [5.41, 5.74) is 1.01. The van der Waals surface area contributed by atoms with Gasteiger partial charge in [0.1, 0.15) is 24.3 Å². The van der Waals surface area contributed by atoms with E-state index >= 15 is 0 Å². The fourth-order valence-electron chi connectivity index (χ4n) is 3.08. The van der Waals surface area contributed by atoms with E-state index in [2.05, 4.69) is 10.6 Å². The second-order valence-electron chi connectivity index (χ2n) is 9.21. The summed E-state index contributed by atoms with van der Waals surface area (Å²) in [5, 5.41) is 5.39. The second-order valence-corrected chi connectivity index (χ2v) is 9.21. The Morgan fingerprint density at radius 1 is 0.848 bits per heavy atom. The van der Waals surface area contributed by atoms with Crippen LogP contribution in [0.1, 0.15) is 45.7 Å². The van der Waals surface area contributed by atoms with Crippen LogP contribution in [0.25, 0.3) is 0 Å². The number of benzene rings is 2. The van der Waals surface area contributed by atoms with Gasteiger partial charge in [-0.25, -0.2) is 9.59 Å². The van der Waals surface area contributed by atoms with Gasteiger partial charge in [-0.05, 0) is 37.8 Å². The highest BCUT2D eigenvalue weighted by atomic mass is 16.6. The molecule has 0 aromatic heterocycles. The average molecular weight is 455 g/mol. The van der Waals surface area contributed by atoms with Gasteiger partial charge in [0.15, 0.2) is 0 Å². The predicted octanol–water partition coefficient (Wildman–Crippen LogP) is 4.01. The Morgan fingerprint density at radius 3 is 1.91 bits per heavy atom. The topological polar surface area (TPSA) is 93.7 Å². The molecule has 2 rings (SSSR count).